The van der Waals surface area contributed by atoms with Crippen molar-refractivity contribution in [2.45, 2.75) is 12.2 Å². The predicted octanol–water partition coefficient (Wildman–Crippen LogP) is 3.88. The SMILES string of the molecule is COc1ccc(/C(=N/O[C@H](CO)c2ccccc2)[C@H](O)c2ccccc2)cc1. The van der Waals surface area contributed by atoms with E-state index in [0.717, 1.165) is 5.56 Å². The average molecular weight is 377 g/mol. The van der Waals surface area contributed by atoms with Crippen molar-refractivity contribution >= 4 is 5.71 Å². The normalized spacial score (nSPS) is 13.6. The van der Waals surface area contributed by atoms with Gasteiger partial charge in [-0.15, -0.1) is 0 Å². The van der Waals surface area contributed by atoms with Gasteiger partial charge in [-0.05, 0) is 35.4 Å². The largest absolute Gasteiger partial charge is 0.497 e. The van der Waals surface area contributed by atoms with Gasteiger partial charge in [-0.25, -0.2) is 0 Å². The van der Waals surface area contributed by atoms with E-state index in [1.165, 1.54) is 0 Å². The zero-order valence-corrected chi connectivity index (χ0v) is 15.6. The van der Waals surface area contributed by atoms with Crippen LogP contribution in [-0.4, -0.2) is 29.6 Å². The molecule has 3 rings (SSSR count). The third kappa shape index (κ3) is 4.76. The van der Waals surface area contributed by atoms with Crippen LogP contribution in [0.2, 0.25) is 0 Å². The Morgan fingerprint density at radius 2 is 1.43 bits per heavy atom. The Bertz CT molecular complexity index is 879. The summed E-state index contributed by atoms with van der Waals surface area (Å²) >= 11 is 0. The Hall–Kier alpha value is -3.15. The molecule has 5 nitrogen and oxygen atoms in total. The molecule has 0 aliphatic heterocycles. The van der Waals surface area contributed by atoms with Crippen molar-refractivity contribution in [3.05, 3.63) is 102 Å². The van der Waals surface area contributed by atoms with Crippen LogP contribution in [0.25, 0.3) is 0 Å². The Morgan fingerprint density at radius 1 is 0.857 bits per heavy atom. The van der Waals surface area contributed by atoms with Crippen LogP contribution in [0.15, 0.2) is 90.1 Å². The third-order valence-electron chi connectivity index (χ3n) is 4.38. The number of aliphatic hydroxyl groups is 2. The van der Waals surface area contributed by atoms with Crippen molar-refractivity contribution < 1.29 is 19.8 Å². The maximum absolute atomic E-state index is 10.9. The van der Waals surface area contributed by atoms with Gasteiger partial charge in [0.1, 0.15) is 17.6 Å². The Morgan fingerprint density at radius 3 is 1.96 bits per heavy atom. The Labute approximate surface area is 164 Å². The van der Waals surface area contributed by atoms with E-state index in [2.05, 4.69) is 5.16 Å². The molecule has 0 fully saturated rings. The fraction of sp³-hybridized carbons (Fsp3) is 0.174. The summed E-state index contributed by atoms with van der Waals surface area (Å²) in [5.41, 5.74) is 2.54. The van der Waals surface area contributed by atoms with Crippen molar-refractivity contribution in [1.29, 1.82) is 0 Å². The van der Waals surface area contributed by atoms with Gasteiger partial charge in [-0.3, -0.25) is 0 Å². The van der Waals surface area contributed by atoms with E-state index in [0.29, 0.717) is 22.6 Å². The molecule has 0 unspecified atom stereocenters. The zero-order valence-electron chi connectivity index (χ0n) is 15.6. The highest BCUT2D eigenvalue weighted by Gasteiger charge is 2.20. The average Bonchev–Trinajstić information content (AvgIpc) is 2.78. The molecule has 2 atom stereocenters. The minimum atomic E-state index is -0.982. The minimum absolute atomic E-state index is 0.231. The number of oxime groups is 1. The first kappa shape index (κ1) is 19.6. The second-order valence-corrected chi connectivity index (χ2v) is 6.21. The lowest BCUT2D eigenvalue weighted by atomic mass is 9.99. The molecule has 3 aromatic carbocycles. The summed E-state index contributed by atoms with van der Waals surface area (Å²) in [6.07, 6.45) is -1.61. The Balaban J connectivity index is 1.93. The minimum Gasteiger partial charge on any atom is -0.497 e. The van der Waals surface area contributed by atoms with Gasteiger partial charge in [0.15, 0.2) is 6.10 Å². The number of hydrogen-bond donors (Lipinski definition) is 2. The maximum atomic E-state index is 10.9. The van der Waals surface area contributed by atoms with Gasteiger partial charge in [0, 0.05) is 5.56 Å². The van der Waals surface area contributed by atoms with Crippen molar-refractivity contribution in [3.8, 4) is 5.75 Å². The number of aliphatic hydroxyl groups excluding tert-OH is 2. The zero-order chi connectivity index (χ0) is 19.8. The molecule has 0 saturated carbocycles. The summed E-state index contributed by atoms with van der Waals surface area (Å²) < 4.78 is 5.20. The molecule has 0 aromatic heterocycles. The summed E-state index contributed by atoms with van der Waals surface area (Å²) in [7, 11) is 1.59. The van der Waals surface area contributed by atoms with E-state index in [1.54, 1.807) is 19.2 Å². The number of ether oxygens (including phenoxy) is 1. The van der Waals surface area contributed by atoms with E-state index in [-0.39, 0.29) is 6.61 Å². The topological polar surface area (TPSA) is 71.3 Å². The fourth-order valence-electron chi connectivity index (χ4n) is 2.80. The monoisotopic (exact) mass is 377 g/mol. The number of methoxy groups -OCH3 is 1. The molecule has 3 aromatic rings. The first-order valence-corrected chi connectivity index (χ1v) is 9.00. The van der Waals surface area contributed by atoms with E-state index < -0.39 is 12.2 Å². The molecular weight excluding hydrogens is 354 g/mol. The van der Waals surface area contributed by atoms with Gasteiger partial charge in [-0.2, -0.15) is 0 Å². The van der Waals surface area contributed by atoms with Crippen LogP contribution >= 0.6 is 0 Å². The molecule has 0 saturated heterocycles. The molecule has 0 aliphatic rings. The molecule has 0 spiro atoms. The first-order valence-electron chi connectivity index (χ1n) is 9.00. The van der Waals surface area contributed by atoms with Gasteiger partial charge in [0.2, 0.25) is 0 Å². The molecule has 0 heterocycles. The highest BCUT2D eigenvalue weighted by atomic mass is 16.6. The van der Waals surface area contributed by atoms with Crippen molar-refractivity contribution in [2.24, 2.45) is 5.16 Å². The van der Waals surface area contributed by atoms with E-state index in [4.69, 9.17) is 9.57 Å². The van der Waals surface area contributed by atoms with Gasteiger partial charge < -0.3 is 19.8 Å². The van der Waals surface area contributed by atoms with E-state index >= 15 is 0 Å². The molecule has 0 bridgehead atoms. The molecule has 5 heteroatoms. The second kappa shape index (κ2) is 9.69. The summed E-state index contributed by atoms with van der Waals surface area (Å²) in [5.74, 6) is 0.704. The van der Waals surface area contributed by atoms with Crippen LogP contribution < -0.4 is 4.74 Å². The molecule has 2 N–H and O–H groups in total. The number of nitrogens with zero attached hydrogens (tertiary/aromatic N) is 1. The van der Waals surface area contributed by atoms with Crippen LogP contribution in [0.3, 0.4) is 0 Å². The van der Waals surface area contributed by atoms with E-state index in [1.807, 2.05) is 72.8 Å². The summed E-state index contributed by atoms with van der Waals surface area (Å²) in [4.78, 5) is 5.64. The van der Waals surface area contributed by atoms with Crippen LogP contribution in [0.5, 0.6) is 5.75 Å². The maximum Gasteiger partial charge on any atom is 0.175 e. The van der Waals surface area contributed by atoms with Gasteiger partial charge in [0.05, 0.1) is 13.7 Å². The van der Waals surface area contributed by atoms with Crippen LogP contribution in [0, 0.1) is 0 Å². The third-order valence-corrected chi connectivity index (χ3v) is 4.38. The van der Waals surface area contributed by atoms with Crippen molar-refractivity contribution in [3.63, 3.8) is 0 Å². The van der Waals surface area contributed by atoms with Crippen molar-refractivity contribution in [1.82, 2.24) is 0 Å². The predicted molar refractivity (Wildman–Crippen MR) is 108 cm³/mol. The summed E-state index contributed by atoms with van der Waals surface area (Å²) in [6, 6.07) is 25.8. The number of rotatable bonds is 8. The van der Waals surface area contributed by atoms with Gasteiger partial charge >= 0.3 is 0 Å². The lowest BCUT2D eigenvalue weighted by molar-refractivity contribution is 0.0137. The van der Waals surface area contributed by atoms with Gasteiger partial charge in [0.25, 0.3) is 0 Å². The van der Waals surface area contributed by atoms with Crippen LogP contribution in [0.1, 0.15) is 28.9 Å². The molecule has 144 valence electrons. The Kier molecular flexibility index (Phi) is 6.78. The summed E-state index contributed by atoms with van der Waals surface area (Å²) in [5, 5.41) is 24.9. The number of hydrogen-bond acceptors (Lipinski definition) is 5. The smallest absolute Gasteiger partial charge is 0.175 e. The molecular formula is C23H23NO4. The highest BCUT2D eigenvalue weighted by molar-refractivity contribution is 6.03. The quantitative estimate of drug-likeness (QED) is 0.462. The molecule has 0 radical (unpaired) electrons. The van der Waals surface area contributed by atoms with Crippen molar-refractivity contribution in [2.75, 3.05) is 13.7 Å². The summed E-state index contributed by atoms with van der Waals surface area (Å²) in [6.45, 7) is -0.231. The number of benzene rings is 3. The molecule has 0 amide bonds. The first-order chi connectivity index (χ1) is 13.7. The standard InChI is InChI=1S/C23H23NO4/c1-27-20-14-12-18(13-15-20)22(23(26)19-10-6-3-7-11-19)24-28-21(16-25)17-8-4-2-5-9-17/h2-15,21,23,25-26H,16H2,1H3/b24-22-/t21-,23-/m1/s1. The van der Waals surface area contributed by atoms with Crippen LogP contribution in [0.4, 0.5) is 0 Å². The fourth-order valence-corrected chi connectivity index (χ4v) is 2.80. The van der Waals surface area contributed by atoms with Gasteiger partial charge in [-0.1, -0.05) is 65.8 Å². The highest BCUT2D eigenvalue weighted by Crippen LogP contribution is 2.24. The molecule has 0 aliphatic carbocycles. The lowest BCUT2D eigenvalue weighted by Gasteiger charge is -2.18. The molecule has 28 heavy (non-hydrogen) atoms. The van der Waals surface area contributed by atoms with Crippen LogP contribution in [-0.2, 0) is 4.84 Å². The lowest BCUT2D eigenvalue weighted by Crippen LogP contribution is -2.16. The second-order valence-electron chi connectivity index (χ2n) is 6.21. The van der Waals surface area contributed by atoms with E-state index in [9.17, 15) is 10.2 Å².